The van der Waals surface area contributed by atoms with Crippen LogP contribution < -0.4 is 10.6 Å². The van der Waals surface area contributed by atoms with Gasteiger partial charge in [0, 0.05) is 17.6 Å². The number of hydrogen-bond acceptors (Lipinski definition) is 6. The van der Waals surface area contributed by atoms with E-state index in [9.17, 15) is 9.59 Å². The Bertz CT molecular complexity index is 781. The van der Waals surface area contributed by atoms with E-state index < -0.39 is 12.1 Å². The van der Waals surface area contributed by atoms with Crippen LogP contribution in [0.25, 0.3) is 0 Å². The minimum Gasteiger partial charge on any atom is -0.448 e. The fourth-order valence-corrected chi connectivity index (χ4v) is 3.14. The van der Waals surface area contributed by atoms with E-state index in [-0.39, 0.29) is 11.6 Å². The van der Waals surface area contributed by atoms with Crippen LogP contribution in [0.4, 0.5) is 10.8 Å². The zero-order chi connectivity index (χ0) is 20.0. The molecule has 1 amide bonds. The average molecular weight is 390 g/mol. The maximum absolute atomic E-state index is 12.4. The van der Waals surface area contributed by atoms with Crippen LogP contribution in [-0.4, -0.2) is 29.5 Å². The molecule has 2 N–H and O–H groups in total. The molecular formula is C20H27N3O3S. The number of carbonyl (C=O) groups is 2. The Labute approximate surface area is 164 Å². The van der Waals surface area contributed by atoms with Gasteiger partial charge in [-0.1, -0.05) is 32.0 Å². The Morgan fingerprint density at radius 1 is 1.19 bits per heavy atom. The standard InChI is InChI=1S/C20H27N3O3S/c1-12(2)9-10-21-20-22-16(11-27-20)19(25)26-15(5)18(24)23-17-13(3)7-6-8-14(17)4/h6-8,11-12,15H,9-10H2,1-5H3,(H,21,22)(H,23,24)/t15-/m1/s1. The summed E-state index contributed by atoms with van der Waals surface area (Å²) >= 11 is 1.35. The normalized spacial score (nSPS) is 11.9. The number of para-hydroxylation sites is 1. The molecule has 0 radical (unpaired) electrons. The molecule has 0 bridgehead atoms. The molecule has 0 aliphatic rings. The molecule has 1 atom stereocenters. The first-order chi connectivity index (χ1) is 12.8. The summed E-state index contributed by atoms with van der Waals surface area (Å²) in [6.45, 7) is 10.5. The van der Waals surface area contributed by atoms with Gasteiger partial charge in [-0.25, -0.2) is 9.78 Å². The van der Waals surface area contributed by atoms with Gasteiger partial charge in [0.25, 0.3) is 5.91 Å². The molecule has 0 saturated heterocycles. The Kier molecular flexibility index (Phi) is 7.36. The minimum atomic E-state index is -0.921. The second-order valence-corrected chi connectivity index (χ2v) is 7.81. The molecule has 7 heteroatoms. The van der Waals surface area contributed by atoms with E-state index in [0.29, 0.717) is 11.0 Å². The number of benzene rings is 1. The zero-order valence-electron chi connectivity index (χ0n) is 16.5. The van der Waals surface area contributed by atoms with Crippen LogP contribution >= 0.6 is 11.3 Å². The zero-order valence-corrected chi connectivity index (χ0v) is 17.3. The first kappa shape index (κ1) is 20.9. The SMILES string of the molecule is Cc1cccc(C)c1NC(=O)[C@@H](C)OC(=O)c1csc(NCCC(C)C)n1. The Hall–Kier alpha value is -2.41. The number of ether oxygens (including phenoxy) is 1. The monoisotopic (exact) mass is 389 g/mol. The van der Waals surface area contributed by atoms with Crippen LogP contribution in [0.15, 0.2) is 23.6 Å². The molecule has 1 heterocycles. The summed E-state index contributed by atoms with van der Waals surface area (Å²) in [5.41, 5.74) is 2.87. The number of rotatable bonds is 8. The minimum absolute atomic E-state index is 0.207. The smallest absolute Gasteiger partial charge is 0.358 e. The fourth-order valence-electron chi connectivity index (χ4n) is 2.43. The first-order valence-electron chi connectivity index (χ1n) is 9.05. The molecule has 0 saturated carbocycles. The number of aryl methyl sites for hydroxylation is 2. The lowest BCUT2D eigenvalue weighted by Crippen LogP contribution is -2.30. The summed E-state index contributed by atoms with van der Waals surface area (Å²) in [6.07, 6.45) is 0.102. The molecule has 0 fully saturated rings. The van der Waals surface area contributed by atoms with Gasteiger partial charge in [-0.3, -0.25) is 4.79 Å². The van der Waals surface area contributed by atoms with E-state index >= 15 is 0 Å². The number of amides is 1. The van der Waals surface area contributed by atoms with Crippen molar-refractivity contribution in [1.82, 2.24) is 4.98 Å². The topological polar surface area (TPSA) is 80.3 Å². The average Bonchev–Trinajstić information content (AvgIpc) is 3.06. The number of carbonyl (C=O) groups excluding carboxylic acids is 2. The van der Waals surface area contributed by atoms with Crippen LogP contribution in [0, 0.1) is 19.8 Å². The number of esters is 1. The Morgan fingerprint density at radius 2 is 1.85 bits per heavy atom. The van der Waals surface area contributed by atoms with Crippen molar-refractivity contribution in [2.24, 2.45) is 5.92 Å². The Morgan fingerprint density at radius 3 is 2.48 bits per heavy atom. The predicted octanol–water partition coefficient (Wildman–Crippen LogP) is 4.40. The lowest BCUT2D eigenvalue weighted by molar-refractivity contribution is -0.123. The lowest BCUT2D eigenvalue weighted by Gasteiger charge is -2.15. The molecule has 0 aliphatic heterocycles. The van der Waals surface area contributed by atoms with Crippen molar-refractivity contribution in [3.05, 3.63) is 40.4 Å². The van der Waals surface area contributed by atoms with E-state index in [0.717, 1.165) is 29.8 Å². The molecule has 0 aliphatic carbocycles. The van der Waals surface area contributed by atoms with Crippen molar-refractivity contribution in [3.8, 4) is 0 Å². The molecule has 2 rings (SSSR count). The van der Waals surface area contributed by atoms with Gasteiger partial charge in [-0.15, -0.1) is 11.3 Å². The van der Waals surface area contributed by atoms with E-state index in [1.54, 1.807) is 12.3 Å². The second kappa shape index (κ2) is 9.50. The third-order valence-corrected chi connectivity index (χ3v) is 4.89. The quantitative estimate of drug-likeness (QED) is 0.654. The highest BCUT2D eigenvalue weighted by Gasteiger charge is 2.21. The summed E-state index contributed by atoms with van der Waals surface area (Å²) in [4.78, 5) is 28.9. The molecule has 1 aromatic heterocycles. The van der Waals surface area contributed by atoms with Crippen LogP contribution in [0.3, 0.4) is 0 Å². The molecule has 146 valence electrons. The van der Waals surface area contributed by atoms with Crippen molar-refractivity contribution in [1.29, 1.82) is 0 Å². The molecule has 0 unspecified atom stereocenters. The predicted molar refractivity (Wildman–Crippen MR) is 109 cm³/mol. The van der Waals surface area contributed by atoms with Gasteiger partial charge in [0.05, 0.1) is 0 Å². The fraction of sp³-hybridized carbons (Fsp3) is 0.450. The highest BCUT2D eigenvalue weighted by Crippen LogP contribution is 2.20. The van der Waals surface area contributed by atoms with Gasteiger partial charge in [-0.05, 0) is 44.2 Å². The van der Waals surface area contributed by atoms with Gasteiger partial charge in [0.2, 0.25) is 0 Å². The van der Waals surface area contributed by atoms with Crippen LogP contribution in [0.2, 0.25) is 0 Å². The van der Waals surface area contributed by atoms with Crippen molar-refractivity contribution < 1.29 is 14.3 Å². The molecule has 1 aromatic carbocycles. The van der Waals surface area contributed by atoms with Gasteiger partial charge in [0.1, 0.15) is 0 Å². The van der Waals surface area contributed by atoms with Crippen molar-refractivity contribution in [2.45, 2.75) is 47.1 Å². The van der Waals surface area contributed by atoms with E-state index in [1.807, 2.05) is 32.0 Å². The van der Waals surface area contributed by atoms with Gasteiger partial charge in [0.15, 0.2) is 16.9 Å². The van der Waals surface area contributed by atoms with Gasteiger partial charge >= 0.3 is 5.97 Å². The number of thiazole rings is 1. The van der Waals surface area contributed by atoms with Gasteiger partial charge < -0.3 is 15.4 Å². The van der Waals surface area contributed by atoms with E-state index in [2.05, 4.69) is 29.5 Å². The molecule has 0 spiro atoms. The highest BCUT2D eigenvalue weighted by atomic mass is 32.1. The third-order valence-electron chi connectivity index (χ3n) is 4.09. The summed E-state index contributed by atoms with van der Waals surface area (Å²) in [7, 11) is 0. The third kappa shape index (κ3) is 6.06. The van der Waals surface area contributed by atoms with Crippen molar-refractivity contribution >= 4 is 34.0 Å². The summed E-state index contributed by atoms with van der Waals surface area (Å²) < 4.78 is 5.27. The van der Waals surface area contributed by atoms with Crippen LogP contribution in [0.5, 0.6) is 0 Å². The maximum Gasteiger partial charge on any atom is 0.358 e. The first-order valence-corrected chi connectivity index (χ1v) is 9.93. The number of aromatic nitrogens is 1. The van der Waals surface area contributed by atoms with Crippen LogP contribution in [-0.2, 0) is 9.53 Å². The molecule has 27 heavy (non-hydrogen) atoms. The van der Waals surface area contributed by atoms with Gasteiger partial charge in [-0.2, -0.15) is 0 Å². The summed E-state index contributed by atoms with van der Waals surface area (Å²) in [5.74, 6) is -0.378. The second-order valence-electron chi connectivity index (χ2n) is 6.95. The van der Waals surface area contributed by atoms with E-state index in [1.165, 1.54) is 11.3 Å². The van der Waals surface area contributed by atoms with Crippen LogP contribution in [0.1, 0.15) is 48.8 Å². The number of nitrogens with zero attached hydrogens (tertiary/aromatic N) is 1. The number of nitrogens with one attached hydrogen (secondary N) is 2. The molecular weight excluding hydrogens is 362 g/mol. The van der Waals surface area contributed by atoms with E-state index in [4.69, 9.17) is 4.74 Å². The number of anilines is 2. The molecule has 2 aromatic rings. The van der Waals surface area contributed by atoms with Crippen molar-refractivity contribution in [3.63, 3.8) is 0 Å². The Balaban J connectivity index is 1.91. The largest absolute Gasteiger partial charge is 0.448 e. The number of hydrogen-bond donors (Lipinski definition) is 2. The summed E-state index contributed by atoms with van der Waals surface area (Å²) in [5, 5.41) is 8.34. The summed E-state index contributed by atoms with van der Waals surface area (Å²) in [6, 6.07) is 5.77. The maximum atomic E-state index is 12.4. The van der Waals surface area contributed by atoms with Crippen molar-refractivity contribution in [2.75, 3.05) is 17.2 Å². The molecule has 6 nitrogen and oxygen atoms in total. The lowest BCUT2D eigenvalue weighted by atomic mass is 10.1. The highest BCUT2D eigenvalue weighted by molar-refractivity contribution is 7.13.